The zero-order chi connectivity index (χ0) is 28.5. The van der Waals surface area contributed by atoms with Crippen molar-refractivity contribution in [2.45, 2.75) is 6.92 Å². The highest BCUT2D eigenvalue weighted by Crippen LogP contribution is 2.37. The summed E-state index contributed by atoms with van der Waals surface area (Å²) in [6.07, 6.45) is 1.32. The molecule has 0 spiro atoms. The molecule has 3 aromatic rings. The van der Waals surface area contributed by atoms with Crippen molar-refractivity contribution in [3.8, 4) is 17.6 Å². The summed E-state index contributed by atoms with van der Waals surface area (Å²) in [6, 6.07) is 15.9. The van der Waals surface area contributed by atoms with E-state index in [1.54, 1.807) is 18.2 Å². The fraction of sp³-hybridized carbons (Fsp3) is 0.143. The van der Waals surface area contributed by atoms with Crippen molar-refractivity contribution >= 4 is 58.4 Å². The van der Waals surface area contributed by atoms with Crippen LogP contribution in [0.15, 0.2) is 60.2 Å². The Hall–Kier alpha value is -4.52. The van der Waals surface area contributed by atoms with Crippen LogP contribution in [0.1, 0.15) is 21.5 Å². The summed E-state index contributed by atoms with van der Waals surface area (Å²) in [7, 11) is 2.65. The molecule has 39 heavy (non-hydrogen) atoms. The summed E-state index contributed by atoms with van der Waals surface area (Å²) < 4.78 is 15.6. The third-order valence-electron chi connectivity index (χ3n) is 5.29. The van der Waals surface area contributed by atoms with Crippen molar-refractivity contribution < 1.29 is 28.6 Å². The molecule has 0 saturated carbocycles. The summed E-state index contributed by atoms with van der Waals surface area (Å²) in [6.45, 7) is 1.49. The zero-order valence-corrected chi connectivity index (χ0v) is 22.6. The smallest absolute Gasteiger partial charge is 0.337 e. The summed E-state index contributed by atoms with van der Waals surface area (Å²) in [5.74, 6) is -1.33. The molecule has 11 heteroatoms. The standard InChI is InChI=1S/C28H23Cl2N3O6/c1-16-4-7-21(13-22(16)29)32-25(34)15-39-26-23(30)11-17(12-24(26)37-2)10-19(14-31)27(35)33-20-8-5-18(6-9-20)28(36)38-3/h4-13H,15H2,1-3H3,(H,32,34)(H,33,35)/b19-10-. The van der Waals surface area contributed by atoms with Gasteiger partial charge in [0.1, 0.15) is 11.6 Å². The van der Waals surface area contributed by atoms with Crippen molar-refractivity contribution in [3.63, 3.8) is 0 Å². The fourth-order valence-electron chi connectivity index (χ4n) is 3.29. The largest absolute Gasteiger partial charge is 0.493 e. The molecule has 2 amide bonds. The van der Waals surface area contributed by atoms with Crippen LogP contribution in [0.25, 0.3) is 6.08 Å². The predicted molar refractivity (Wildman–Crippen MR) is 148 cm³/mol. The Labute approximate surface area is 234 Å². The number of nitriles is 1. The minimum absolute atomic E-state index is 0.0999. The highest BCUT2D eigenvalue weighted by atomic mass is 35.5. The zero-order valence-electron chi connectivity index (χ0n) is 21.1. The van der Waals surface area contributed by atoms with Crippen LogP contribution in [0, 0.1) is 18.3 Å². The first kappa shape index (κ1) is 29.0. The number of aryl methyl sites for hydroxylation is 1. The molecule has 0 fully saturated rings. The van der Waals surface area contributed by atoms with Gasteiger partial charge in [-0.1, -0.05) is 29.3 Å². The Morgan fingerprint density at radius 3 is 2.26 bits per heavy atom. The third kappa shape index (κ3) is 7.74. The molecular formula is C28H23Cl2N3O6. The van der Waals surface area contributed by atoms with E-state index in [9.17, 15) is 19.6 Å². The first-order valence-corrected chi connectivity index (χ1v) is 12.1. The molecule has 2 N–H and O–H groups in total. The summed E-state index contributed by atoms with van der Waals surface area (Å²) in [5, 5.41) is 15.4. The highest BCUT2D eigenvalue weighted by molar-refractivity contribution is 6.32. The molecule has 0 aromatic heterocycles. The van der Waals surface area contributed by atoms with Gasteiger partial charge in [-0.3, -0.25) is 9.59 Å². The Balaban J connectivity index is 1.71. The van der Waals surface area contributed by atoms with Crippen molar-refractivity contribution in [1.82, 2.24) is 0 Å². The number of anilines is 2. The van der Waals surface area contributed by atoms with Gasteiger partial charge in [0.2, 0.25) is 0 Å². The second kappa shape index (κ2) is 13.3. The molecule has 3 aromatic carbocycles. The van der Waals surface area contributed by atoms with Gasteiger partial charge in [0.25, 0.3) is 11.8 Å². The van der Waals surface area contributed by atoms with E-state index in [1.807, 2.05) is 13.0 Å². The minimum atomic E-state index is -0.674. The van der Waals surface area contributed by atoms with E-state index < -0.39 is 17.8 Å². The van der Waals surface area contributed by atoms with Gasteiger partial charge in [-0.05, 0) is 72.7 Å². The Bertz CT molecular complexity index is 1480. The first-order valence-electron chi connectivity index (χ1n) is 11.3. The molecule has 0 heterocycles. The second-order valence-corrected chi connectivity index (χ2v) is 8.84. The number of hydrogen-bond donors (Lipinski definition) is 2. The van der Waals surface area contributed by atoms with Crippen LogP contribution in [0.3, 0.4) is 0 Å². The molecular weight excluding hydrogens is 545 g/mol. The van der Waals surface area contributed by atoms with Gasteiger partial charge in [0, 0.05) is 16.4 Å². The van der Waals surface area contributed by atoms with Gasteiger partial charge < -0.3 is 24.8 Å². The van der Waals surface area contributed by atoms with Crippen molar-refractivity contribution in [2.75, 3.05) is 31.5 Å². The lowest BCUT2D eigenvalue weighted by Crippen LogP contribution is -2.20. The fourth-order valence-corrected chi connectivity index (χ4v) is 3.74. The van der Waals surface area contributed by atoms with Gasteiger partial charge in [0.15, 0.2) is 18.1 Å². The summed E-state index contributed by atoms with van der Waals surface area (Å²) >= 11 is 12.5. The molecule has 0 aliphatic carbocycles. The van der Waals surface area contributed by atoms with E-state index in [-0.39, 0.29) is 28.7 Å². The normalized spacial score (nSPS) is 10.7. The molecule has 0 unspecified atom stereocenters. The number of hydrogen-bond acceptors (Lipinski definition) is 7. The Kier molecular flexibility index (Phi) is 9.92. The van der Waals surface area contributed by atoms with Gasteiger partial charge in [-0.2, -0.15) is 5.26 Å². The molecule has 3 rings (SSSR count). The van der Waals surface area contributed by atoms with Crippen molar-refractivity contribution in [2.24, 2.45) is 0 Å². The molecule has 0 atom stereocenters. The quantitative estimate of drug-likeness (QED) is 0.194. The van der Waals surface area contributed by atoms with Crippen LogP contribution in [0.5, 0.6) is 11.5 Å². The number of benzene rings is 3. The average Bonchev–Trinajstić information content (AvgIpc) is 2.92. The van der Waals surface area contributed by atoms with Gasteiger partial charge in [-0.25, -0.2) is 4.79 Å². The van der Waals surface area contributed by atoms with Gasteiger partial charge >= 0.3 is 5.97 Å². The number of amides is 2. The maximum atomic E-state index is 12.7. The van der Waals surface area contributed by atoms with E-state index in [4.69, 9.17) is 32.7 Å². The summed E-state index contributed by atoms with van der Waals surface area (Å²) in [5.41, 5.74) is 2.25. The maximum absolute atomic E-state index is 12.7. The summed E-state index contributed by atoms with van der Waals surface area (Å²) in [4.78, 5) is 36.6. The predicted octanol–water partition coefficient (Wildman–Crippen LogP) is 5.66. The number of esters is 1. The number of carbonyl (C=O) groups excluding carboxylic acids is 3. The SMILES string of the molecule is COC(=O)c1ccc(NC(=O)/C(C#N)=C\c2cc(Cl)c(OCC(=O)Nc3ccc(C)c(Cl)c3)c(OC)c2)cc1. The lowest BCUT2D eigenvalue weighted by Gasteiger charge is -2.14. The molecule has 0 radical (unpaired) electrons. The number of rotatable bonds is 9. The third-order valence-corrected chi connectivity index (χ3v) is 5.98. The van der Waals surface area contributed by atoms with E-state index >= 15 is 0 Å². The molecule has 0 aliphatic heterocycles. The second-order valence-electron chi connectivity index (χ2n) is 8.03. The van der Waals surface area contributed by atoms with E-state index in [2.05, 4.69) is 15.4 Å². The van der Waals surface area contributed by atoms with Crippen molar-refractivity contribution in [3.05, 3.63) is 86.9 Å². The van der Waals surface area contributed by atoms with Gasteiger partial charge in [-0.15, -0.1) is 0 Å². The molecule has 0 aliphatic rings. The first-order chi connectivity index (χ1) is 18.6. The maximum Gasteiger partial charge on any atom is 0.337 e. The van der Waals surface area contributed by atoms with E-state index in [0.29, 0.717) is 27.5 Å². The van der Waals surface area contributed by atoms with Crippen LogP contribution in [-0.4, -0.2) is 38.6 Å². The highest BCUT2D eigenvalue weighted by Gasteiger charge is 2.16. The number of nitrogens with one attached hydrogen (secondary N) is 2. The molecule has 0 saturated heterocycles. The Morgan fingerprint density at radius 1 is 0.949 bits per heavy atom. The van der Waals surface area contributed by atoms with Crippen molar-refractivity contribution in [1.29, 1.82) is 5.26 Å². The van der Waals surface area contributed by atoms with Crippen LogP contribution in [0.2, 0.25) is 10.0 Å². The number of ether oxygens (including phenoxy) is 3. The Morgan fingerprint density at radius 2 is 1.64 bits per heavy atom. The lowest BCUT2D eigenvalue weighted by molar-refractivity contribution is -0.118. The molecule has 0 bridgehead atoms. The van der Waals surface area contributed by atoms with Gasteiger partial charge in [0.05, 0.1) is 24.8 Å². The van der Waals surface area contributed by atoms with Crippen LogP contribution < -0.4 is 20.1 Å². The average molecular weight is 568 g/mol. The van der Waals surface area contributed by atoms with E-state index in [0.717, 1.165) is 5.56 Å². The van der Waals surface area contributed by atoms with E-state index in [1.165, 1.54) is 56.7 Å². The minimum Gasteiger partial charge on any atom is -0.493 e. The number of carbonyl (C=O) groups is 3. The van der Waals surface area contributed by atoms with Crippen LogP contribution in [-0.2, 0) is 14.3 Å². The topological polar surface area (TPSA) is 127 Å². The van der Waals surface area contributed by atoms with Crippen LogP contribution in [0.4, 0.5) is 11.4 Å². The van der Waals surface area contributed by atoms with Crippen LogP contribution >= 0.6 is 23.2 Å². The number of methoxy groups -OCH3 is 2. The number of halogens is 2. The lowest BCUT2D eigenvalue weighted by atomic mass is 10.1. The number of nitrogens with zero attached hydrogens (tertiary/aromatic N) is 1. The monoisotopic (exact) mass is 567 g/mol. The molecule has 200 valence electrons. The molecule has 9 nitrogen and oxygen atoms in total.